The molecule has 0 unspecified atom stereocenters. The molecule has 1 N–H and O–H groups in total. The summed E-state index contributed by atoms with van der Waals surface area (Å²) in [6.45, 7) is 5.55. The molecule has 0 spiro atoms. The highest BCUT2D eigenvalue weighted by Gasteiger charge is 1.75. The van der Waals surface area contributed by atoms with E-state index in [-0.39, 0.29) is 12.4 Å². The Labute approximate surface area is 75.4 Å². The van der Waals surface area contributed by atoms with E-state index in [9.17, 15) is 0 Å². The van der Waals surface area contributed by atoms with E-state index in [1.54, 1.807) is 0 Å². The van der Waals surface area contributed by atoms with E-state index in [0.29, 0.717) is 0 Å². The standard InChI is InChI=1S/C6H14.C2H4O2.ClH/c1-3-5-6-4-2;1-2(3)4;/h3-6H2,1-2H3;1H3,(H,3,4);1H. The van der Waals surface area contributed by atoms with Crippen molar-refractivity contribution in [3.05, 3.63) is 0 Å². The molecule has 0 aromatic carbocycles. The molecule has 0 atom stereocenters. The number of carboxylic acids is 1. The van der Waals surface area contributed by atoms with Crippen LogP contribution in [0.15, 0.2) is 0 Å². The van der Waals surface area contributed by atoms with Crippen LogP contribution in [0.25, 0.3) is 0 Å². The SMILES string of the molecule is CC(=O)O.CCCCCC.Cl. The number of halogens is 1. The van der Waals surface area contributed by atoms with Crippen LogP contribution in [0.1, 0.15) is 46.5 Å². The molecule has 3 heteroatoms. The van der Waals surface area contributed by atoms with Gasteiger partial charge in [-0.2, -0.15) is 0 Å². The highest BCUT2D eigenvalue weighted by Crippen LogP contribution is 1.95. The second-order valence-electron chi connectivity index (χ2n) is 2.23. The molecule has 0 fully saturated rings. The molecule has 0 aliphatic heterocycles. The number of carbonyl (C=O) groups is 1. The van der Waals surface area contributed by atoms with Crippen molar-refractivity contribution in [3.63, 3.8) is 0 Å². The Kier molecular flexibility index (Phi) is 25.4. The third-order valence-electron chi connectivity index (χ3n) is 0.957. The first kappa shape index (κ1) is 17.0. The third kappa shape index (κ3) is 77.2. The molecule has 11 heavy (non-hydrogen) atoms. The van der Waals surface area contributed by atoms with Gasteiger partial charge in [0.15, 0.2) is 0 Å². The number of hydrogen-bond acceptors (Lipinski definition) is 1. The summed E-state index contributed by atoms with van der Waals surface area (Å²) in [7, 11) is 0. The maximum atomic E-state index is 9.00. The van der Waals surface area contributed by atoms with Crippen LogP contribution in [0, 0.1) is 0 Å². The molecule has 0 aliphatic carbocycles. The number of unbranched alkanes of at least 4 members (excludes halogenated alkanes) is 3. The predicted molar refractivity (Wildman–Crippen MR) is 50.4 cm³/mol. The van der Waals surface area contributed by atoms with Crippen molar-refractivity contribution in [3.8, 4) is 0 Å². The second-order valence-corrected chi connectivity index (χ2v) is 2.23. The van der Waals surface area contributed by atoms with E-state index in [0.717, 1.165) is 6.92 Å². The summed E-state index contributed by atoms with van der Waals surface area (Å²) in [5.41, 5.74) is 0. The third-order valence-corrected chi connectivity index (χ3v) is 0.957. The largest absolute Gasteiger partial charge is 0.481 e. The lowest BCUT2D eigenvalue weighted by atomic mass is 10.2. The molecule has 0 amide bonds. The zero-order chi connectivity index (χ0) is 8.41. The zero-order valence-corrected chi connectivity index (χ0v) is 8.41. The van der Waals surface area contributed by atoms with Gasteiger partial charge in [0, 0.05) is 6.92 Å². The highest BCUT2D eigenvalue weighted by atomic mass is 35.5. The fourth-order valence-corrected chi connectivity index (χ4v) is 0.500. The summed E-state index contributed by atoms with van der Waals surface area (Å²) in [6.07, 6.45) is 5.54. The van der Waals surface area contributed by atoms with Gasteiger partial charge in [-0.1, -0.05) is 39.5 Å². The molecule has 0 bridgehead atoms. The van der Waals surface area contributed by atoms with E-state index >= 15 is 0 Å². The van der Waals surface area contributed by atoms with Gasteiger partial charge in [0.25, 0.3) is 5.97 Å². The number of rotatable bonds is 3. The molecule has 0 rings (SSSR count). The van der Waals surface area contributed by atoms with Crippen LogP contribution >= 0.6 is 12.4 Å². The zero-order valence-electron chi connectivity index (χ0n) is 7.59. The molecule has 0 aromatic heterocycles. The summed E-state index contributed by atoms with van der Waals surface area (Å²) >= 11 is 0. The van der Waals surface area contributed by atoms with Crippen molar-refractivity contribution in [2.45, 2.75) is 46.5 Å². The first-order chi connectivity index (χ1) is 4.65. The smallest absolute Gasteiger partial charge is 0.300 e. The highest BCUT2D eigenvalue weighted by molar-refractivity contribution is 5.85. The predicted octanol–water partition coefficient (Wildman–Crippen LogP) is 3.10. The Morgan fingerprint density at radius 3 is 1.45 bits per heavy atom. The van der Waals surface area contributed by atoms with Crippen LogP contribution in [-0.4, -0.2) is 11.1 Å². The van der Waals surface area contributed by atoms with Crippen LogP contribution in [0.3, 0.4) is 0 Å². The lowest BCUT2D eigenvalue weighted by Gasteiger charge is -1.86. The van der Waals surface area contributed by atoms with Gasteiger partial charge in [-0.05, 0) is 0 Å². The quantitative estimate of drug-likeness (QED) is 0.682. The van der Waals surface area contributed by atoms with Crippen LogP contribution in [0.5, 0.6) is 0 Å². The van der Waals surface area contributed by atoms with Crippen molar-refractivity contribution >= 4 is 18.4 Å². The van der Waals surface area contributed by atoms with Gasteiger partial charge in [-0.3, -0.25) is 4.79 Å². The van der Waals surface area contributed by atoms with Crippen LogP contribution in [-0.2, 0) is 4.79 Å². The molecule has 70 valence electrons. The molecular weight excluding hydrogens is 164 g/mol. The van der Waals surface area contributed by atoms with Gasteiger partial charge >= 0.3 is 0 Å². The van der Waals surface area contributed by atoms with Crippen molar-refractivity contribution in [2.24, 2.45) is 0 Å². The van der Waals surface area contributed by atoms with Crippen molar-refractivity contribution in [1.82, 2.24) is 0 Å². The summed E-state index contributed by atoms with van der Waals surface area (Å²) in [4.78, 5) is 9.00. The minimum Gasteiger partial charge on any atom is -0.481 e. The van der Waals surface area contributed by atoms with Gasteiger partial charge in [-0.25, -0.2) is 0 Å². The number of carboxylic acid groups (broad SMARTS) is 1. The summed E-state index contributed by atoms with van der Waals surface area (Å²) in [5, 5.41) is 7.42. The van der Waals surface area contributed by atoms with Crippen LogP contribution in [0.4, 0.5) is 0 Å². The van der Waals surface area contributed by atoms with Gasteiger partial charge < -0.3 is 5.11 Å². The van der Waals surface area contributed by atoms with Crippen molar-refractivity contribution in [1.29, 1.82) is 0 Å². The van der Waals surface area contributed by atoms with Gasteiger partial charge in [0.05, 0.1) is 0 Å². The number of aliphatic carboxylic acids is 1. The van der Waals surface area contributed by atoms with E-state index < -0.39 is 5.97 Å². The van der Waals surface area contributed by atoms with Crippen molar-refractivity contribution < 1.29 is 9.90 Å². The molecule has 0 saturated heterocycles. The molecule has 0 radical (unpaired) electrons. The summed E-state index contributed by atoms with van der Waals surface area (Å²) in [5.74, 6) is -0.833. The molecule has 0 aliphatic rings. The average Bonchev–Trinajstić information content (AvgIpc) is 1.82. The Bertz CT molecular complexity index is 66.5. The summed E-state index contributed by atoms with van der Waals surface area (Å²) < 4.78 is 0. The Hall–Kier alpha value is -0.240. The molecule has 0 saturated carbocycles. The Balaban J connectivity index is -0.000000114. The van der Waals surface area contributed by atoms with Gasteiger partial charge in [0.2, 0.25) is 0 Å². The first-order valence-electron chi connectivity index (χ1n) is 3.84. The minimum atomic E-state index is -0.833. The minimum absolute atomic E-state index is 0. The van der Waals surface area contributed by atoms with Gasteiger partial charge in [0.1, 0.15) is 0 Å². The number of hydrogen-bond donors (Lipinski definition) is 1. The first-order valence-corrected chi connectivity index (χ1v) is 3.84. The maximum absolute atomic E-state index is 9.00. The topological polar surface area (TPSA) is 37.3 Å². The Morgan fingerprint density at radius 1 is 1.18 bits per heavy atom. The fraction of sp³-hybridized carbons (Fsp3) is 0.875. The normalized spacial score (nSPS) is 7.18. The lowest BCUT2D eigenvalue weighted by molar-refractivity contribution is -0.134. The molecule has 0 aromatic rings. The Morgan fingerprint density at radius 2 is 1.36 bits per heavy atom. The molecule has 0 heterocycles. The van der Waals surface area contributed by atoms with E-state index in [2.05, 4.69) is 13.8 Å². The molecule has 2 nitrogen and oxygen atoms in total. The monoisotopic (exact) mass is 182 g/mol. The fourth-order valence-electron chi connectivity index (χ4n) is 0.500. The van der Waals surface area contributed by atoms with Crippen LogP contribution < -0.4 is 0 Å². The van der Waals surface area contributed by atoms with E-state index in [1.807, 2.05) is 0 Å². The van der Waals surface area contributed by atoms with E-state index in [1.165, 1.54) is 25.7 Å². The summed E-state index contributed by atoms with van der Waals surface area (Å²) in [6, 6.07) is 0. The average molecular weight is 183 g/mol. The van der Waals surface area contributed by atoms with Crippen LogP contribution in [0.2, 0.25) is 0 Å². The molecular formula is C8H19ClO2. The lowest BCUT2D eigenvalue weighted by Crippen LogP contribution is -1.78. The van der Waals surface area contributed by atoms with E-state index in [4.69, 9.17) is 9.90 Å². The maximum Gasteiger partial charge on any atom is 0.300 e. The second kappa shape index (κ2) is 16.4. The van der Waals surface area contributed by atoms with Gasteiger partial charge in [-0.15, -0.1) is 12.4 Å². The van der Waals surface area contributed by atoms with Crippen molar-refractivity contribution in [2.75, 3.05) is 0 Å².